The van der Waals surface area contributed by atoms with Crippen molar-refractivity contribution in [2.45, 2.75) is 24.3 Å². The smallest absolute Gasteiger partial charge is 0.357 e. The Morgan fingerprint density at radius 3 is 2.50 bits per heavy atom. The zero-order valence-corrected chi connectivity index (χ0v) is 21.6. The van der Waals surface area contributed by atoms with Crippen LogP contribution in [0.25, 0.3) is 0 Å². The molecule has 3 aliphatic rings. The van der Waals surface area contributed by atoms with Crippen molar-refractivity contribution in [1.29, 1.82) is 0 Å². The van der Waals surface area contributed by atoms with Crippen LogP contribution in [0.2, 0.25) is 0 Å². The van der Waals surface area contributed by atoms with Gasteiger partial charge < -0.3 is 29.0 Å². The molecule has 2 N–H and O–H groups in total. The summed E-state index contributed by atoms with van der Waals surface area (Å²) in [5.74, 6) is -3.35. The number of esters is 1. The highest BCUT2D eigenvalue weighted by atomic mass is 32.2. The zero-order valence-electron chi connectivity index (χ0n) is 20.0. The van der Waals surface area contributed by atoms with E-state index in [4.69, 9.17) is 9.47 Å². The van der Waals surface area contributed by atoms with Crippen LogP contribution in [0.3, 0.4) is 0 Å². The molecule has 2 fully saturated rings. The van der Waals surface area contributed by atoms with Crippen molar-refractivity contribution in [3.05, 3.63) is 47.0 Å². The van der Waals surface area contributed by atoms with E-state index in [1.54, 1.807) is 0 Å². The van der Waals surface area contributed by atoms with E-state index in [9.17, 15) is 38.2 Å². The SMILES string of the molecule is C[S+]([O-])C=CC1=C(C(=O)OCN2C(=O)CCC2=O)N2C(=O)C(NC(=O)COc3ccc(O)cc3)[C@@H]2[S+]([O-])C1. The summed E-state index contributed by atoms with van der Waals surface area (Å²) in [5, 5.41) is 11.9. The van der Waals surface area contributed by atoms with Crippen LogP contribution in [-0.2, 0) is 51.1 Å². The lowest BCUT2D eigenvalue weighted by Crippen LogP contribution is -2.75. The highest BCUT2D eigenvalue weighted by Gasteiger charge is 2.61. The number of imide groups is 1. The standard InChI is InChI=1S/C23H23N3O10S2/c1-37(33)9-8-13-11-38(34)22-19(24-16(28)10-35-15-4-2-14(27)3-5-15)21(31)26(22)20(13)23(32)36-12-25-17(29)6-7-18(25)30/h2-5,8-9,19,22,27H,6-7,10-12H2,1H3,(H,24,28)/t19?,22-,37?,38?/m0/s1. The molecule has 202 valence electrons. The van der Waals surface area contributed by atoms with Gasteiger partial charge in [-0.3, -0.25) is 24.1 Å². The van der Waals surface area contributed by atoms with Crippen molar-refractivity contribution in [2.75, 3.05) is 25.3 Å². The van der Waals surface area contributed by atoms with Crippen molar-refractivity contribution in [1.82, 2.24) is 15.1 Å². The van der Waals surface area contributed by atoms with Crippen LogP contribution in [0, 0.1) is 0 Å². The van der Waals surface area contributed by atoms with Crippen LogP contribution in [0.15, 0.2) is 47.0 Å². The number of phenolic OH excluding ortho intramolecular Hbond substituents is 1. The Kier molecular flexibility index (Phi) is 8.30. The molecule has 2 saturated heterocycles. The maximum atomic E-state index is 13.0. The van der Waals surface area contributed by atoms with Gasteiger partial charge in [0.05, 0.1) is 6.26 Å². The Balaban J connectivity index is 1.47. The van der Waals surface area contributed by atoms with E-state index >= 15 is 0 Å². The van der Waals surface area contributed by atoms with Crippen LogP contribution in [0.5, 0.6) is 11.5 Å². The summed E-state index contributed by atoms with van der Waals surface area (Å²) in [4.78, 5) is 63.8. The van der Waals surface area contributed by atoms with Gasteiger partial charge in [-0.15, -0.1) is 0 Å². The molecule has 3 heterocycles. The number of β-lactam (4-membered cyclic amide) rings is 1. The highest BCUT2D eigenvalue weighted by molar-refractivity contribution is 7.93. The number of carbonyl (C=O) groups excluding carboxylic acids is 5. The zero-order chi connectivity index (χ0) is 27.6. The number of likely N-dealkylation sites (tertiary alicyclic amines) is 1. The second-order valence-corrected chi connectivity index (χ2v) is 11.2. The molecule has 4 rings (SSSR count). The number of benzene rings is 1. The van der Waals surface area contributed by atoms with E-state index < -0.39 is 76.7 Å². The van der Waals surface area contributed by atoms with Gasteiger partial charge in [-0.25, -0.2) is 9.69 Å². The van der Waals surface area contributed by atoms with Gasteiger partial charge in [0.25, 0.3) is 11.8 Å². The van der Waals surface area contributed by atoms with Crippen LogP contribution in [-0.4, -0.2) is 90.4 Å². The monoisotopic (exact) mass is 565 g/mol. The molecule has 0 bridgehead atoms. The molecule has 0 spiro atoms. The number of nitrogens with zero attached hydrogens (tertiary/aromatic N) is 2. The summed E-state index contributed by atoms with van der Waals surface area (Å²) in [7, 11) is 0. The molecule has 3 aliphatic heterocycles. The van der Waals surface area contributed by atoms with Gasteiger partial charge in [-0.05, 0) is 52.7 Å². The van der Waals surface area contributed by atoms with Crippen LogP contribution < -0.4 is 10.1 Å². The first-order chi connectivity index (χ1) is 18.1. The van der Waals surface area contributed by atoms with Gasteiger partial charge in [0.1, 0.15) is 28.4 Å². The molecule has 0 aromatic heterocycles. The predicted molar refractivity (Wildman–Crippen MR) is 131 cm³/mol. The minimum absolute atomic E-state index is 0.00111. The molecular formula is C23H23N3O10S2. The third-order valence-corrected chi connectivity index (χ3v) is 7.95. The summed E-state index contributed by atoms with van der Waals surface area (Å²) in [6.07, 6.45) is 2.68. The number of fused-ring (bicyclic) bond motifs is 1. The van der Waals surface area contributed by atoms with Crippen LogP contribution in [0.1, 0.15) is 12.8 Å². The number of hydrogen-bond donors (Lipinski definition) is 2. The molecule has 0 aliphatic carbocycles. The van der Waals surface area contributed by atoms with Gasteiger partial charge in [-0.2, -0.15) is 0 Å². The maximum Gasteiger partial charge on any atom is 0.357 e. The Labute approximate surface area is 222 Å². The van der Waals surface area contributed by atoms with Crippen molar-refractivity contribution >= 4 is 51.9 Å². The second-order valence-electron chi connectivity index (χ2n) is 8.40. The molecular weight excluding hydrogens is 542 g/mol. The molecule has 38 heavy (non-hydrogen) atoms. The van der Waals surface area contributed by atoms with Crippen molar-refractivity contribution < 1.29 is 47.7 Å². The molecule has 4 amide bonds. The molecule has 1 aromatic rings. The van der Waals surface area contributed by atoms with E-state index in [1.165, 1.54) is 42.0 Å². The minimum Gasteiger partial charge on any atom is -0.614 e. The highest BCUT2D eigenvalue weighted by Crippen LogP contribution is 2.37. The number of aromatic hydroxyl groups is 1. The van der Waals surface area contributed by atoms with E-state index in [1.807, 2.05) is 0 Å². The Morgan fingerprint density at radius 1 is 1.21 bits per heavy atom. The molecule has 1 aromatic carbocycles. The fraction of sp³-hybridized carbons (Fsp3) is 0.348. The predicted octanol–water partition coefficient (Wildman–Crippen LogP) is -1.02. The quantitative estimate of drug-likeness (QED) is 0.162. The average molecular weight is 566 g/mol. The third-order valence-electron chi connectivity index (χ3n) is 5.81. The molecule has 0 radical (unpaired) electrons. The largest absolute Gasteiger partial charge is 0.614 e. The summed E-state index contributed by atoms with van der Waals surface area (Å²) >= 11 is -3.17. The molecule has 4 atom stereocenters. The topological polar surface area (TPSA) is 189 Å². The first-order valence-electron chi connectivity index (χ1n) is 11.2. The van der Waals surface area contributed by atoms with Gasteiger partial charge in [-0.1, -0.05) is 0 Å². The van der Waals surface area contributed by atoms with Crippen LogP contribution >= 0.6 is 0 Å². The van der Waals surface area contributed by atoms with Gasteiger partial charge in [0.2, 0.25) is 17.2 Å². The number of allylic oxidation sites excluding steroid dienone is 1. The average Bonchev–Trinajstić information content (AvgIpc) is 3.20. The summed E-state index contributed by atoms with van der Waals surface area (Å²) in [5.41, 5.74) is -0.154. The van der Waals surface area contributed by atoms with Gasteiger partial charge in [0.15, 0.2) is 19.4 Å². The first-order valence-corrected chi connectivity index (χ1v) is 14.2. The molecule has 3 unspecified atom stereocenters. The fourth-order valence-corrected chi connectivity index (χ4v) is 5.96. The lowest BCUT2D eigenvalue weighted by atomic mass is 10.0. The van der Waals surface area contributed by atoms with E-state index in [2.05, 4.69) is 5.32 Å². The van der Waals surface area contributed by atoms with Crippen molar-refractivity contribution in [2.24, 2.45) is 0 Å². The normalized spacial score (nSPS) is 23.9. The number of ether oxygens (including phenoxy) is 2. The summed E-state index contributed by atoms with van der Waals surface area (Å²) in [6.45, 7) is -1.12. The van der Waals surface area contributed by atoms with E-state index in [0.29, 0.717) is 5.75 Å². The number of rotatable bonds is 9. The van der Waals surface area contributed by atoms with E-state index in [-0.39, 0.29) is 35.6 Å². The summed E-state index contributed by atoms with van der Waals surface area (Å²) < 4.78 is 35.0. The maximum absolute atomic E-state index is 13.0. The summed E-state index contributed by atoms with van der Waals surface area (Å²) in [6, 6.07) is 4.42. The van der Waals surface area contributed by atoms with Crippen molar-refractivity contribution in [3.63, 3.8) is 0 Å². The van der Waals surface area contributed by atoms with Crippen LogP contribution in [0.4, 0.5) is 0 Å². The molecule has 0 saturated carbocycles. The second kappa shape index (κ2) is 11.5. The minimum atomic E-state index is -1.75. The Bertz CT molecular complexity index is 1200. The number of hydrogen-bond acceptors (Lipinski definition) is 10. The Morgan fingerprint density at radius 2 is 1.87 bits per heavy atom. The van der Waals surface area contributed by atoms with E-state index in [0.717, 1.165) is 9.80 Å². The first kappa shape index (κ1) is 27.5. The fourth-order valence-electron chi connectivity index (χ4n) is 3.96. The number of nitrogens with one attached hydrogen (secondary N) is 1. The Hall–Kier alpha value is -3.53. The number of phenols is 1. The molecule has 15 heteroatoms. The lowest BCUT2D eigenvalue weighted by Gasteiger charge is -2.49. The lowest BCUT2D eigenvalue weighted by molar-refractivity contribution is -0.158. The van der Waals surface area contributed by atoms with Gasteiger partial charge >= 0.3 is 5.97 Å². The number of carbonyl (C=O) groups is 5. The molecule has 13 nitrogen and oxygen atoms in total. The van der Waals surface area contributed by atoms with Crippen molar-refractivity contribution in [3.8, 4) is 11.5 Å². The number of amides is 4. The van der Waals surface area contributed by atoms with Gasteiger partial charge in [0, 0.05) is 18.4 Å². The third kappa shape index (κ3) is 5.80.